The summed E-state index contributed by atoms with van der Waals surface area (Å²) in [6.45, 7) is 0.639. The van der Waals surface area contributed by atoms with Crippen LogP contribution in [0.15, 0.2) is 23.6 Å². The molecule has 136 valence electrons. The van der Waals surface area contributed by atoms with Crippen molar-refractivity contribution in [3.63, 3.8) is 0 Å². The number of thiazole rings is 1. The van der Waals surface area contributed by atoms with Crippen LogP contribution in [0.3, 0.4) is 0 Å². The summed E-state index contributed by atoms with van der Waals surface area (Å²) in [7, 11) is 0. The Labute approximate surface area is 150 Å². The van der Waals surface area contributed by atoms with Gasteiger partial charge in [0.25, 0.3) is 0 Å². The van der Waals surface area contributed by atoms with Crippen LogP contribution >= 0.6 is 11.3 Å². The van der Waals surface area contributed by atoms with Gasteiger partial charge in [0.2, 0.25) is 11.8 Å². The van der Waals surface area contributed by atoms with Crippen LogP contribution in [0.2, 0.25) is 0 Å². The molecule has 2 aliphatic rings. The van der Waals surface area contributed by atoms with Gasteiger partial charge in [-0.25, -0.2) is 4.98 Å². The van der Waals surface area contributed by atoms with Crippen molar-refractivity contribution in [2.75, 3.05) is 16.8 Å². The van der Waals surface area contributed by atoms with E-state index in [0.717, 1.165) is 6.42 Å². The maximum absolute atomic E-state index is 13.0. The van der Waals surface area contributed by atoms with Crippen molar-refractivity contribution in [3.05, 3.63) is 29.3 Å². The fourth-order valence-electron chi connectivity index (χ4n) is 2.75. The molecule has 7 nitrogen and oxygen atoms in total. The van der Waals surface area contributed by atoms with Crippen LogP contribution < -0.4 is 19.7 Å². The minimum Gasteiger partial charge on any atom is -0.395 e. The first-order valence-electron chi connectivity index (χ1n) is 7.84. The number of benzene rings is 1. The molecule has 4 rings (SSSR count). The second-order valence-corrected chi connectivity index (χ2v) is 6.66. The van der Waals surface area contributed by atoms with Gasteiger partial charge in [0.05, 0.1) is 12.1 Å². The molecule has 0 bridgehead atoms. The first-order chi connectivity index (χ1) is 12.4. The smallest absolute Gasteiger partial charge is 0.395 e. The number of alkyl halides is 2. The van der Waals surface area contributed by atoms with Crippen molar-refractivity contribution >= 4 is 34.0 Å². The predicted octanol–water partition coefficient (Wildman–Crippen LogP) is 2.77. The molecule has 0 saturated carbocycles. The van der Waals surface area contributed by atoms with Crippen LogP contribution in [0.1, 0.15) is 18.5 Å². The molecule has 10 heteroatoms. The summed E-state index contributed by atoms with van der Waals surface area (Å²) in [4.78, 5) is 29.8. The SMILES string of the molecule is O=C(Cc1csc(N2CCCC2=O)n1)Nc1ccc2c(c1)OC(F)(F)O2. The molecule has 2 aliphatic heterocycles. The van der Waals surface area contributed by atoms with Gasteiger partial charge in [-0.15, -0.1) is 20.1 Å². The highest BCUT2D eigenvalue weighted by molar-refractivity contribution is 7.14. The maximum Gasteiger partial charge on any atom is 0.586 e. The lowest BCUT2D eigenvalue weighted by molar-refractivity contribution is -0.286. The second kappa shape index (κ2) is 6.20. The van der Waals surface area contributed by atoms with Crippen molar-refractivity contribution in [2.24, 2.45) is 0 Å². The van der Waals surface area contributed by atoms with Crippen molar-refractivity contribution in [2.45, 2.75) is 25.6 Å². The third-order valence-corrected chi connectivity index (χ3v) is 4.78. The molecule has 1 N–H and O–H groups in total. The average molecular weight is 381 g/mol. The summed E-state index contributed by atoms with van der Waals surface area (Å²) >= 11 is 1.31. The molecule has 2 aromatic rings. The monoisotopic (exact) mass is 381 g/mol. The van der Waals surface area contributed by atoms with E-state index in [1.54, 1.807) is 10.3 Å². The quantitative estimate of drug-likeness (QED) is 0.881. The minimum absolute atomic E-state index is 0.00311. The molecule has 26 heavy (non-hydrogen) atoms. The third-order valence-electron chi connectivity index (χ3n) is 3.87. The summed E-state index contributed by atoms with van der Waals surface area (Å²) in [5, 5.41) is 4.91. The number of amides is 2. The van der Waals surface area contributed by atoms with E-state index in [2.05, 4.69) is 19.8 Å². The molecule has 0 radical (unpaired) electrons. The average Bonchev–Trinajstić information content (AvgIpc) is 3.24. The molecule has 0 atom stereocenters. The summed E-state index contributed by atoms with van der Waals surface area (Å²) in [5.74, 6) is -0.559. The van der Waals surface area contributed by atoms with E-state index in [-0.39, 0.29) is 29.7 Å². The Morgan fingerprint density at radius 2 is 2.15 bits per heavy atom. The van der Waals surface area contributed by atoms with E-state index in [1.807, 2.05) is 0 Å². The number of hydrogen-bond donors (Lipinski definition) is 1. The van der Waals surface area contributed by atoms with Gasteiger partial charge in [0.1, 0.15) is 0 Å². The van der Waals surface area contributed by atoms with Gasteiger partial charge < -0.3 is 14.8 Å². The van der Waals surface area contributed by atoms with E-state index in [9.17, 15) is 18.4 Å². The summed E-state index contributed by atoms with van der Waals surface area (Å²) < 4.78 is 34.7. The lowest BCUT2D eigenvalue weighted by atomic mass is 10.2. The number of aromatic nitrogens is 1. The number of halogens is 2. The van der Waals surface area contributed by atoms with Crippen molar-refractivity contribution in [1.82, 2.24) is 4.98 Å². The van der Waals surface area contributed by atoms with Crippen LogP contribution in [0.5, 0.6) is 11.5 Å². The Balaban J connectivity index is 1.39. The molecule has 0 spiro atoms. The van der Waals surface area contributed by atoms with E-state index in [1.165, 1.54) is 29.5 Å². The van der Waals surface area contributed by atoms with E-state index in [4.69, 9.17) is 0 Å². The van der Waals surface area contributed by atoms with Gasteiger partial charge in [-0.05, 0) is 18.6 Å². The van der Waals surface area contributed by atoms with Gasteiger partial charge in [0, 0.05) is 30.1 Å². The predicted molar refractivity (Wildman–Crippen MR) is 88.7 cm³/mol. The molecule has 2 amide bonds. The summed E-state index contributed by atoms with van der Waals surface area (Å²) in [6.07, 6.45) is -2.38. The maximum atomic E-state index is 13.0. The highest BCUT2D eigenvalue weighted by atomic mass is 32.1. The Bertz CT molecular complexity index is 886. The number of nitrogens with zero attached hydrogens (tertiary/aromatic N) is 2. The molecule has 0 aliphatic carbocycles. The van der Waals surface area contributed by atoms with Gasteiger partial charge in [-0.2, -0.15) is 0 Å². The minimum atomic E-state index is -3.70. The molecular weight excluding hydrogens is 368 g/mol. The number of anilines is 2. The standard InChI is InChI=1S/C16H13F2N3O4S/c17-16(18)24-11-4-3-9(6-12(11)25-16)19-13(22)7-10-8-26-15(20-10)21-5-1-2-14(21)23/h3-4,6,8H,1-2,5,7H2,(H,19,22). The zero-order valence-electron chi connectivity index (χ0n) is 13.3. The number of rotatable bonds is 4. The van der Waals surface area contributed by atoms with Crippen LogP contribution in [0, 0.1) is 0 Å². The number of nitrogens with one attached hydrogen (secondary N) is 1. The van der Waals surface area contributed by atoms with Crippen molar-refractivity contribution in [1.29, 1.82) is 0 Å². The highest BCUT2D eigenvalue weighted by Crippen LogP contribution is 2.42. The van der Waals surface area contributed by atoms with Crippen LogP contribution in [-0.2, 0) is 16.0 Å². The molecule has 3 heterocycles. The van der Waals surface area contributed by atoms with Gasteiger partial charge >= 0.3 is 6.29 Å². The first kappa shape index (κ1) is 16.7. The highest BCUT2D eigenvalue weighted by Gasteiger charge is 2.43. The van der Waals surface area contributed by atoms with Gasteiger partial charge in [0.15, 0.2) is 16.6 Å². The number of ether oxygens (including phenoxy) is 2. The lowest BCUT2D eigenvalue weighted by Gasteiger charge is -2.10. The van der Waals surface area contributed by atoms with E-state index >= 15 is 0 Å². The van der Waals surface area contributed by atoms with Crippen LogP contribution in [0.4, 0.5) is 19.6 Å². The van der Waals surface area contributed by atoms with Crippen molar-refractivity contribution < 1.29 is 27.8 Å². The molecular formula is C16H13F2N3O4S. The lowest BCUT2D eigenvalue weighted by Crippen LogP contribution is -2.25. The molecule has 1 saturated heterocycles. The zero-order chi connectivity index (χ0) is 18.3. The fraction of sp³-hybridized carbons (Fsp3) is 0.312. The number of carbonyl (C=O) groups excluding carboxylic acids is 2. The number of hydrogen-bond acceptors (Lipinski definition) is 6. The first-order valence-corrected chi connectivity index (χ1v) is 8.72. The Morgan fingerprint density at radius 3 is 2.92 bits per heavy atom. The molecule has 1 aromatic heterocycles. The van der Waals surface area contributed by atoms with Gasteiger partial charge in [-0.3, -0.25) is 14.5 Å². The second-order valence-electron chi connectivity index (χ2n) is 5.82. The zero-order valence-corrected chi connectivity index (χ0v) is 14.1. The Morgan fingerprint density at radius 1 is 1.35 bits per heavy atom. The van der Waals surface area contributed by atoms with E-state index < -0.39 is 6.29 Å². The largest absolute Gasteiger partial charge is 0.586 e. The van der Waals surface area contributed by atoms with E-state index in [0.29, 0.717) is 29.5 Å². The van der Waals surface area contributed by atoms with Gasteiger partial charge in [-0.1, -0.05) is 0 Å². The summed E-state index contributed by atoms with van der Waals surface area (Å²) in [5.41, 5.74) is 0.842. The molecule has 1 fully saturated rings. The number of carbonyl (C=O) groups is 2. The fourth-order valence-corrected chi connectivity index (χ4v) is 3.62. The third kappa shape index (κ3) is 3.32. The van der Waals surface area contributed by atoms with Crippen LogP contribution in [-0.4, -0.2) is 29.6 Å². The summed E-state index contributed by atoms with van der Waals surface area (Å²) in [6, 6.07) is 4.01. The Kier molecular flexibility index (Phi) is 3.98. The van der Waals surface area contributed by atoms with Crippen LogP contribution in [0.25, 0.3) is 0 Å². The molecule has 0 unspecified atom stereocenters. The normalized spacial score (nSPS) is 17.6. The molecule has 1 aromatic carbocycles. The number of fused-ring (bicyclic) bond motifs is 1. The Hall–Kier alpha value is -2.75. The van der Waals surface area contributed by atoms with Crippen molar-refractivity contribution in [3.8, 4) is 11.5 Å². The topological polar surface area (TPSA) is 80.8 Å².